The molecule has 150 valence electrons. The van der Waals surface area contributed by atoms with Crippen LogP contribution in [0.3, 0.4) is 0 Å². The van der Waals surface area contributed by atoms with Crippen LogP contribution >= 0.6 is 11.3 Å². The molecule has 0 aliphatic rings. The average Bonchev–Trinajstić information content (AvgIpc) is 3.16. The summed E-state index contributed by atoms with van der Waals surface area (Å²) in [4.78, 5) is 7.80. The predicted molar refractivity (Wildman–Crippen MR) is 97.7 cm³/mol. The Hall–Kier alpha value is -2.07. The van der Waals surface area contributed by atoms with Gasteiger partial charge in [0, 0.05) is 17.5 Å². The maximum absolute atomic E-state index is 12.6. The predicted octanol–water partition coefficient (Wildman–Crippen LogP) is 3.33. The molecule has 1 atom stereocenters. The third kappa shape index (κ3) is 5.70. The molecule has 2 rings (SSSR count). The summed E-state index contributed by atoms with van der Waals surface area (Å²) in [5, 5.41) is 18.0. The van der Waals surface area contributed by atoms with E-state index in [-0.39, 0.29) is 18.1 Å². The zero-order valence-electron chi connectivity index (χ0n) is 15.6. The van der Waals surface area contributed by atoms with Gasteiger partial charge in [0.05, 0.1) is 13.1 Å². The fourth-order valence-corrected chi connectivity index (χ4v) is 3.24. The van der Waals surface area contributed by atoms with E-state index in [0.29, 0.717) is 29.6 Å². The van der Waals surface area contributed by atoms with Crippen LogP contribution in [0.5, 0.6) is 0 Å². The highest BCUT2D eigenvalue weighted by atomic mass is 32.1. The van der Waals surface area contributed by atoms with E-state index in [1.54, 1.807) is 26.8 Å². The van der Waals surface area contributed by atoms with Crippen LogP contribution in [0, 0.1) is 13.8 Å². The molecule has 0 aliphatic carbocycles. The quantitative estimate of drug-likeness (QED) is 0.508. The largest absolute Gasteiger partial charge is 0.466 e. The number of hydrogen-bond acceptors (Lipinski definition) is 5. The average molecular weight is 404 g/mol. The number of aliphatic hydroxyl groups is 1. The number of alkyl halides is 3. The number of aliphatic imine (C=N–C) groups is 1. The molecule has 2 aromatic rings. The van der Waals surface area contributed by atoms with Gasteiger partial charge in [0.15, 0.2) is 11.7 Å². The van der Waals surface area contributed by atoms with Crippen molar-refractivity contribution in [3.8, 4) is 0 Å². The maximum Gasteiger partial charge on any atom is 0.434 e. The highest BCUT2D eigenvalue weighted by molar-refractivity contribution is 7.09. The number of aromatic nitrogens is 1. The van der Waals surface area contributed by atoms with Gasteiger partial charge in [-0.1, -0.05) is 0 Å². The molecule has 0 amide bonds. The van der Waals surface area contributed by atoms with Crippen molar-refractivity contribution in [2.45, 2.75) is 46.0 Å². The zero-order chi connectivity index (χ0) is 20.2. The van der Waals surface area contributed by atoms with E-state index in [0.717, 1.165) is 16.7 Å². The molecule has 0 saturated heterocycles. The SMILES string of the molecule is CCNC(=NCc1nc(C(F)(F)F)cs1)NCC(C)(O)c1cc(C)oc1C. The number of nitrogens with zero attached hydrogens (tertiary/aromatic N) is 2. The lowest BCUT2D eigenvalue weighted by atomic mass is 9.96. The number of furan rings is 1. The Labute approximate surface area is 159 Å². The number of thiazole rings is 1. The Bertz CT molecular complexity index is 796. The third-order valence-corrected chi connectivity index (χ3v) is 4.61. The summed E-state index contributed by atoms with van der Waals surface area (Å²) in [6, 6.07) is 1.77. The summed E-state index contributed by atoms with van der Waals surface area (Å²) in [6.07, 6.45) is -4.46. The van der Waals surface area contributed by atoms with E-state index in [4.69, 9.17) is 4.42 Å². The minimum absolute atomic E-state index is 0.00205. The molecule has 6 nitrogen and oxygen atoms in total. The normalized spacial score (nSPS) is 14.9. The second kappa shape index (κ2) is 8.30. The number of aryl methyl sites for hydroxylation is 2. The lowest BCUT2D eigenvalue weighted by Gasteiger charge is -2.24. The van der Waals surface area contributed by atoms with Gasteiger partial charge in [-0.3, -0.25) is 0 Å². The van der Waals surface area contributed by atoms with Crippen molar-refractivity contribution < 1.29 is 22.7 Å². The van der Waals surface area contributed by atoms with E-state index in [1.165, 1.54) is 0 Å². The van der Waals surface area contributed by atoms with E-state index >= 15 is 0 Å². The molecular formula is C17H23F3N4O2S. The Morgan fingerprint density at radius 1 is 1.33 bits per heavy atom. The molecule has 3 N–H and O–H groups in total. The Kier molecular flexibility index (Phi) is 6.53. The van der Waals surface area contributed by atoms with Crippen molar-refractivity contribution in [2.75, 3.05) is 13.1 Å². The molecule has 0 bridgehead atoms. The lowest BCUT2D eigenvalue weighted by Crippen LogP contribution is -2.44. The molecule has 0 aliphatic heterocycles. The van der Waals surface area contributed by atoms with Crippen LogP contribution in [0.15, 0.2) is 20.9 Å². The van der Waals surface area contributed by atoms with Crippen LogP contribution < -0.4 is 10.6 Å². The molecule has 0 saturated carbocycles. The summed E-state index contributed by atoms with van der Waals surface area (Å²) < 4.78 is 43.3. The van der Waals surface area contributed by atoms with Gasteiger partial charge in [-0.15, -0.1) is 11.3 Å². The molecule has 0 spiro atoms. The van der Waals surface area contributed by atoms with Crippen LogP contribution in [0.1, 0.15) is 41.6 Å². The number of nitrogens with one attached hydrogen (secondary N) is 2. The van der Waals surface area contributed by atoms with Gasteiger partial charge < -0.3 is 20.2 Å². The summed E-state index contributed by atoms with van der Waals surface area (Å²) >= 11 is 0.906. The van der Waals surface area contributed by atoms with Crippen molar-refractivity contribution in [3.63, 3.8) is 0 Å². The second-order valence-corrected chi connectivity index (χ2v) is 7.22. The fraction of sp³-hybridized carbons (Fsp3) is 0.529. The van der Waals surface area contributed by atoms with E-state index in [2.05, 4.69) is 20.6 Å². The van der Waals surface area contributed by atoms with Crippen LogP contribution in [-0.2, 0) is 18.3 Å². The van der Waals surface area contributed by atoms with E-state index in [1.807, 2.05) is 6.92 Å². The molecule has 10 heteroatoms. The molecule has 1 unspecified atom stereocenters. The number of rotatable bonds is 6. The highest BCUT2D eigenvalue weighted by Crippen LogP contribution is 2.30. The molecule has 0 aromatic carbocycles. The maximum atomic E-state index is 12.6. The molecule has 0 radical (unpaired) electrons. The highest BCUT2D eigenvalue weighted by Gasteiger charge is 2.33. The van der Waals surface area contributed by atoms with Crippen molar-refractivity contribution >= 4 is 17.3 Å². The van der Waals surface area contributed by atoms with Crippen molar-refractivity contribution in [1.82, 2.24) is 15.6 Å². The first kappa shape index (κ1) is 21.2. The minimum Gasteiger partial charge on any atom is -0.466 e. The minimum atomic E-state index is -4.46. The first-order valence-electron chi connectivity index (χ1n) is 8.36. The van der Waals surface area contributed by atoms with Crippen LogP contribution in [0.4, 0.5) is 13.2 Å². The van der Waals surface area contributed by atoms with Crippen molar-refractivity contribution in [1.29, 1.82) is 0 Å². The van der Waals surface area contributed by atoms with Gasteiger partial charge in [0.1, 0.15) is 22.1 Å². The van der Waals surface area contributed by atoms with E-state index in [9.17, 15) is 18.3 Å². The van der Waals surface area contributed by atoms with Gasteiger partial charge in [0.25, 0.3) is 0 Å². The van der Waals surface area contributed by atoms with Crippen molar-refractivity contribution in [3.05, 3.63) is 39.2 Å². The van der Waals surface area contributed by atoms with Gasteiger partial charge in [-0.05, 0) is 33.8 Å². The number of halogens is 3. The standard InChI is InChI=1S/C17H23F3N4O2S/c1-5-21-15(22-7-14-24-13(8-27-14)17(18,19)20)23-9-16(4,25)12-6-10(2)26-11(12)3/h6,8,25H,5,7,9H2,1-4H3,(H2,21,22,23). The Morgan fingerprint density at radius 2 is 2.04 bits per heavy atom. The monoisotopic (exact) mass is 404 g/mol. The topological polar surface area (TPSA) is 82.7 Å². The Morgan fingerprint density at radius 3 is 2.56 bits per heavy atom. The smallest absolute Gasteiger partial charge is 0.434 e. The number of guanidine groups is 1. The van der Waals surface area contributed by atoms with Crippen molar-refractivity contribution in [2.24, 2.45) is 4.99 Å². The second-order valence-electron chi connectivity index (χ2n) is 6.27. The van der Waals surface area contributed by atoms with Gasteiger partial charge in [-0.25, -0.2) is 9.98 Å². The molecule has 27 heavy (non-hydrogen) atoms. The van der Waals surface area contributed by atoms with Gasteiger partial charge in [0.2, 0.25) is 0 Å². The third-order valence-electron chi connectivity index (χ3n) is 3.78. The van der Waals surface area contributed by atoms with Crippen LogP contribution in [-0.4, -0.2) is 29.1 Å². The summed E-state index contributed by atoms with van der Waals surface area (Å²) in [6.45, 7) is 7.79. The van der Waals surface area contributed by atoms with E-state index < -0.39 is 17.5 Å². The van der Waals surface area contributed by atoms with Crippen LogP contribution in [0.25, 0.3) is 0 Å². The van der Waals surface area contributed by atoms with Crippen LogP contribution in [0.2, 0.25) is 0 Å². The summed E-state index contributed by atoms with van der Waals surface area (Å²) in [5.41, 5.74) is -1.45. The zero-order valence-corrected chi connectivity index (χ0v) is 16.4. The van der Waals surface area contributed by atoms with Gasteiger partial charge in [-0.2, -0.15) is 13.2 Å². The van der Waals surface area contributed by atoms with Gasteiger partial charge >= 0.3 is 6.18 Å². The summed E-state index contributed by atoms with van der Waals surface area (Å²) in [7, 11) is 0. The first-order valence-corrected chi connectivity index (χ1v) is 9.24. The summed E-state index contributed by atoms with van der Waals surface area (Å²) in [5.74, 6) is 1.70. The molecule has 0 fully saturated rings. The lowest BCUT2D eigenvalue weighted by molar-refractivity contribution is -0.140. The molecule has 2 heterocycles. The number of hydrogen-bond donors (Lipinski definition) is 3. The molecule has 2 aromatic heterocycles. The first-order chi connectivity index (χ1) is 12.5. The Balaban J connectivity index is 2.05. The fourth-order valence-electron chi connectivity index (χ4n) is 2.52. The molecular weight excluding hydrogens is 381 g/mol.